The van der Waals surface area contributed by atoms with Crippen molar-refractivity contribution in [3.8, 4) is 0 Å². The van der Waals surface area contributed by atoms with Crippen LogP contribution in [-0.2, 0) is 22.7 Å². The molecule has 3 heterocycles. The van der Waals surface area contributed by atoms with E-state index in [0.29, 0.717) is 37.2 Å². The van der Waals surface area contributed by atoms with Crippen LogP contribution < -0.4 is 15.5 Å². The van der Waals surface area contributed by atoms with Crippen LogP contribution in [0.15, 0.2) is 6.07 Å². The van der Waals surface area contributed by atoms with Gasteiger partial charge in [0.05, 0.1) is 11.7 Å². The van der Waals surface area contributed by atoms with Crippen molar-refractivity contribution in [2.24, 2.45) is 0 Å². The fourth-order valence-electron chi connectivity index (χ4n) is 4.54. The van der Waals surface area contributed by atoms with Crippen LogP contribution in [0.25, 0.3) is 0 Å². The Bertz CT molecular complexity index is 790. The lowest BCUT2D eigenvalue weighted by Crippen LogP contribution is -2.55. The number of nitrogens with zero attached hydrogens (tertiary/aromatic N) is 2. The van der Waals surface area contributed by atoms with Crippen LogP contribution in [-0.4, -0.2) is 47.9 Å². The number of fused-ring (bicyclic) bond motifs is 1. The summed E-state index contributed by atoms with van der Waals surface area (Å²) in [7, 11) is 0. The maximum absolute atomic E-state index is 14.9. The molecule has 4 rings (SSSR count). The minimum atomic E-state index is -0.824. The standard InChI is InChI=1S/C19H24F2N4O2/c1-10-6-22-7-11(2)25(10)15-5-12-8-24(9-13(12)17(20)18(15)21)14-3-4-16(26)23-19(14)27/h5,10-11,14,22H,3-4,6-9H2,1-2H3,(H,23,26,27). The van der Waals surface area contributed by atoms with Gasteiger partial charge < -0.3 is 10.2 Å². The number of halogens is 2. The number of rotatable bonds is 2. The van der Waals surface area contributed by atoms with Gasteiger partial charge >= 0.3 is 0 Å². The first-order chi connectivity index (χ1) is 12.9. The second-order valence-corrected chi connectivity index (χ2v) is 7.80. The maximum Gasteiger partial charge on any atom is 0.243 e. The molecule has 8 heteroatoms. The molecule has 27 heavy (non-hydrogen) atoms. The van der Waals surface area contributed by atoms with Gasteiger partial charge in [0, 0.05) is 50.2 Å². The number of nitrogens with one attached hydrogen (secondary N) is 2. The summed E-state index contributed by atoms with van der Waals surface area (Å²) >= 11 is 0. The summed E-state index contributed by atoms with van der Waals surface area (Å²) in [5.41, 5.74) is 1.32. The van der Waals surface area contributed by atoms with Crippen molar-refractivity contribution in [2.45, 2.75) is 57.9 Å². The van der Waals surface area contributed by atoms with E-state index in [1.54, 1.807) is 6.07 Å². The van der Waals surface area contributed by atoms with Gasteiger partial charge in [-0.25, -0.2) is 8.78 Å². The Labute approximate surface area is 156 Å². The highest BCUT2D eigenvalue weighted by Gasteiger charge is 2.38. The summed E-state index contributed by atoms with van der Waals surface area (Å²) in [6.07, 6.45) is 0.669. The van der Waals surface area contributed by atoms with Crippen LogP contribution in [0.3, 0.4) is 0 Å². The van der Waals surface area contributed by atoms with E-state index in [-0.39, 0.29) is 42.6 Å². The molecule has 0 spiro atoms. The molecule has 2 N–H and O–H groups in total. The molecule has 1 aromatic carbocycles. The van der Waals surface area contributed by atoms with E-state index in [0.717, 1.165) is 0 Å². The van der Waals surface area contributed by atoms with Gasteiger partial charge in [0.2, 0.25) is 11.8 Å². The van der Waals surface area contributed by atoms with Gasteiger partial charge in [-0.15, -0.1) is 0 Å². The third-order valence-electron chi connectivity index (χ3n) is 5.87. The molecular weight excluding hydrogens is 354 g/mol. The summed E-state index contributed by atoms with van der Waals surface area (Å²) in [5.74, 6) is -2.28. The second-order valence-electron chi connectivity index (χ2n) is 7.80. The zero-order valence-corrected chi connectivity index (χ0v) is 15.5. The van der Waals surface area contributed by atoms with Gasteiger partial charge in [0.25, 0.3) is 0 Å². The molecule has 3 aliphatic heterocycles. The van der Waals surface area contributed by atoms with Crippen molar-refractivity contribution >= 4 is 17.5 Å². The number of piperazine rings is 1. The minimum Gasteiger partial charge on any atom is -0.361 e. The fourth-order valence-corrected chi connectivity index (χ4v) is 4.54. The highest BCUT2D eigenvalue weighted by molar-refractivity contribution is 6.00. The summed E-state index contributed by atoms with van der Waals surface area (Å²) in [6, 6.07) is 1.34. The number of hydrogen-bond donors (Lipinski definition) is 2. The van der Waals surface area contributed by atoms with Crippen LogP contribution >= 0.6 is 0 Å². The van der Waals surface area contributed by atoms with Gasteiger partial charge in [0.15, 0.2) is 11.6 Å². The predicted octanol–water partition coefficient (Wildman–Crippen LogP) is 1.27. The fraction of sp³-hybridized carbons (Fsp3) is 0.579. The van der Waals surface area contributed by atoms with Crippen molar-refractivity contribution in [1.82, 2.24) is 15.5 Å². The Kier molecular flexibility index (Phi) is 4.63. The molecule has 146 valence electrons. The van der Waals surface area contributed by atoms with Gasteiger partial charge in [-0.2, -0.15) is 0 Å². The molecule has 2 saturated heterocycles. The Morgan fingerprint density at radius 1 is 1.07 bits per heavy atom. The number of piperidine rings is 1. The van der Waals surface area contributed by atoms with Crippen LogP contribution in [0.4, 0.5) is 14.5 Å². The van der Waals surface area contributed by atoms with E-state index in [1.807, 2.05) is 23.6 Å². The van der Waals surface area contributed by atoms with Crippen LogP contribution in [0.1, 0.15) is 37.8 Å². The van der Waals surface area contributed by atoms with Gasteiger partial charge in [-0.1, -0.05) is 0 Å². The average Bonchev–Trinajstić information content (AvgIpc) is 3.03. The average molecular weight is 378 g/mol. The molecule has 1 aromatic rings. The quantitative estimate of drug-likeness (QED) is 0.759. The van der Waals surface area contributed by atoms with Gasteiger partial charge in [-0.05, 0) is 31.9 Å². The van der Waals surface area contributed by atoms with Crippen LogP contribution in [0.5, 0.6) is 0 Å². The van der Waals surface area contributed by atoms with Crippen molar-refractivity contribution in [1.29, 1.82) is 0 Å². The molecule has 2 amide bonds. The SMILES string of the molecule is CC1CNCC(C)N1c1cc2c(c(F)c1F)CN(C1CCC(=O)NC1=O)C2. The third kappa shape index (κ3) is 3.10. The molecule has 0 bridgehead atoms. The van der Waals surface area contributed by atoms with Crippen molar-refractivity contribution in [3.05, 3.63) is 28.8 Å². The van der Waals surface area contributed by atoms with Gasteiger partial charge in [0.1, 0.15) is 0 Å². The first kappa shape index (κ1) is 18.3. The summed E-state index contributed by atoms with van der Waals surface area (Å²) in [5, 5.41) is 5.62. The normalized spacial score (nSPS) is 29.0. The van der Waals surface area contributed by atoms with E-state index < -0.39 is 17.7 Å². The number of hydrogen-bond acceptors (Lipinski definition) is 5. The number of amides is 2. The molecule has 3 aliphatic rings. The molecule has 0 saturated carbocycles. The number of carbonyl (C=O) groups is 2. The Hall–Kier alpha value is -2.06. The summed E-state index contributed by atoms with van der Waals surface area (Å²) < 4.78 is 29.8. The van der Waals surface area contributed by atoms with Gasteiger partial charge in [-0.3, -0.25) is 19.8 Å². The van der Waals surface area contributed by atoms with Crippen molar-refractivity contribution in [2.75, 3.05) is 18.0 Å². The first-order valence-corrected chi connectivity index (χ1v) is 9.43. The Balaban J connectivity index is 1.63. The summed E-state index contributed by atoms with van der Waals surface area (Å²) in [6.45, 7) is 5.96. The maximum atomic E-state index is 14.9. The molecule has 2 fully saturated rings. The zero-order valence-electron chi connectivity index (χ0n) is 15.5. The number of benzene rings is 1. The first-order valence-electron chi connectivity index (χ1n) is 9.43. The van der Waals surface area contributed by atoms with E-state index >= 15 is 0 Å². The zero-order chi connectivity index (χ0) is 19.3. The van der Waals surface area contributed by atoms with E-state index in [2.05, 4.69) is 10.6 Å². The van der Waals surface area contributed by atoms with Crippen molar-refractivity contribution in [3.63, 3.8) is 0 Å². The lowest BCUT2D eigenvalue weighted by atomic mass is 10.0. The molecule has 0 aromatic heterocycles. The highest BCUT2D eigenvalue weighted by Crippen LogP contribution is 2.36. The third-order valence-corrected chi connectivity index (χ3v) is 5.87. The smallest absolute Gasteiger partial charge is 0.243 e. The Morgan fingerprint density at radius 2 is 1.78 bits per heavy atom. The number of carbonyl (C=O) groups excluding carboxylic acids is 2. The molecule has 0 radical (unpaired) electrons. The summed E-state index contributed by atoms with van der Waals surface area (Å²) in [4.78, 5) is 27.3. The van der Waals surface area contributed by atoms with E-state index in [1.165, 1.54) is 0 Å². The number of anilines is 1. The van der Waals surface area contributed by atoms with Crippen LogP contribution in [0, 0.1) is 11.6 Å². The molecule has 0 aliphatic carbocycles. The second kappa shape index (κ2) is 6.83. The van der Waals surface area contributed by atoms with E-state index in [4.69, 9.17) is 0 Å². The minimum absolute atomic E-state index is 0.0494. The highest BCUT2D eigenvalue weighted by atomic mass is 19.2. The topological polar surface area (TPSA) is 64.7 Å². The Morgan fingerprint density at radius 3 is 2.44 bits per heavy atom. The predicted molar refractivity (Wildman–Crippen MR) is 96.0 cm³/mol. The van der Waals surface area contributed by atoms with Crippen LogP contribution in [0.2, 0.25) is 0 Å². The van der Waals surface area contributed by atoms with Crippen molar-refractivity contribution < 1.29 is 18.4 Å². The largest absolute Gasteiger partial charge is 0.361 e. The monoisotopic (exact) mass is 378 g/mol. The molecule has 3 atom stereocenters. The molecule has 6 nitrogen and oxygen atoms in total. The number of imide groups is 1. The lowest BCUT2D eigenvalue weighted by Gasteiger charge is -2.41. The lowest BCUT2D eigenvalue weighted by molar-refractivity contribution is -0.137. The van der Waals surface area contributed by atoms with E-state index in [9.17, 15) is 18.4 Å². The molecule has 3 unspecified atom stereocenters. The molecular formula is C19H24F2N4O2.